The number of nitrogens with two attached hydrogens (primary N) is 1. The van der Waals surface area contributed by atoms with Gasteiger partial charge in [0.25, 0.3) is 0 Å². The Morgan fingerprint density at radius 3 is 2.80 bits per heavy atom. The van der Waals surface area contributed by atoms with E-state index in [1.54, 1.807) is 7.11 Å². The molecule has 0 aromatic carbocycles. The lowest BCUT2D eigenvalue weighted by atomic mass is 10.4. The minimum atomic E-state index is 0.554. The van der Waals surface area contributed by atoms with Crippen molar-refractivity contribution in [2.45, 2.75) is 0 Å². The van der Waals surface area contributed by atoms with Crippen LogP contribution < -0.4 is 16.0 Å². The second-order valence-corrected chi connectivity index (χ2v) is 3.27. The SMILES string of the molecule is COCCNc1ncnc(N(C)C)c1N. The van der Waals surface area contributed by atoms with Gasteiger partial charge in [-0.1, -0.05) is 0 Å². The van der Waals surface area contributed by atoms with Crippen molar-refractivity contribution in [3.05, 3.63) is 6.33 Å². The first kappa shape index (κ1) is 11.5. The normalized spacial score (nSPS) is 10.1. The molecule has 1 aromatic heterocycles. The molecular weight excluding hydrogens is 194 g/mol. The quantitative estimate of drug-likeness (QED) is 0.677. The van der Waals surface area contributed by atoms with E-state index in [-0.39, 0.29) is 0 Å². The smallest absolute Gasteiger partial charge is 0.156 e. The Kier molecular flexibility index (Phi) is 4.11. The van der Waals surface area contributed by atoms with Crippen LogP contribution in [-0.4, -0.2) is 44.3 Å². The van der Waals surface area contributed by atoms with E-state index in [1.165, 1.54) is 6.33 Å². The highest BCUT2D eigenvalue weighted by Gasteiger charge is 2.08. The predicted molar refractivity (Wildman–Crippen MR) is 61.1 cm³/mol. The van der Waals surface area contributed by atoms with Gasteiger partial charge in [-0.2, -0.15) is 0 Å². The number of hydrogen-bond acceptors (Lipinski definition) is 6. The molecule has 0 fully saturated rings. The lowest BCUT2D eigenvalue weighted by Gasteiger charge is -2.15. The van der Waals surface area contributed by atoms with Crippen LogP contribution in [0.5, 0.6) is 0 Å². The van der Waals surface area contributed by atoms with E-state index in [9.17, 15) is 0 Å². The van der Waals surface area contributed by atoms with Crippen LogP contribution in [0.15, 0.2) is 6.33 Å². The number of nitrogen functional groups attached to an aromatic ring is 1. The lowest BCUT2D eigenvalue weighted by Crippen LogP contribution is -2.16. The first-order valence-electron chi connectivity index (χ1n) is 4.67. The maximum atomic E-state index is 5.90. The van der Waals surface area contributed by atoms with Crippen LogP contribution in [0.4, 0.5) is 17.3 Å². The highest BCUT2D eigenvalue weighted by molar-refractivity contribution is 5.74. The lowest BCUT2D eigenvalue weighted by molar-refractivity contribution is 0.210. The Morgan fingerprint density at radius 2 is 2.20 bits per heavy atom. The first-order chi connectivity index (χ1) is 7.16. The fourth-order valence-corrected chi connectivity index (χ4v) is 1.16. The first-order valence-corrected chi connectivity index (χ1v) is 4.67. The summed E-state index contributed by atoms with van der Waals surface area (Å²) in [6.45, 7) is 1.28. The molecule has 3 N–H and O–H groups in total. The van der Waals surface area contributed by atoms with Crippen molar-refractivity contribution in [3.8, 4) is 0 Å². The maximum absolute atomic E-state index is 5.90. The molecule has 1 heterocycles. The van der Waals surface area contributed by atoms with Crippen molar-refractivity contribution < 1.29 is 4.74 Å². The summed E-state index contributed by atoms with van der Waals surface area (Å²) >= 11 is 0. The van der Waals surface area contributed by atoms with Gasteiger partial charge in [0.05, 0.1) is 6.61 Å². The van der Waals surface area contributed by atoms with Gasteiger partial charge in [-0.3, -0.25) is 0 Å². The molecule has 0 aliphatic heterocycles. The van der Waals surface area contributed by atoms with Crippen molar-refractivity contribution in [2.24, 2.45) is 0 Å². The van der Waals surface area contributed by atoms with E-state index in [0.29, 0.717) is 30.5 Å². The number of aromatic nitrogens is 2. The van der Waals surface area contributed by atoms with E-state index in [0.717, 1.165) is 0 Å². The molecule has 0 saturated carbocycles. The predicted octanol–water partition coefficient (Wildman–Crippen LogP) is 0.183. The van der Waals surface area contributed by atoms with Gasteiger partial charge in [0.2, 0.25) is 0 Å². The van der Waals surface area contributed by atoms with Gasteiger partial charge in [0.1, 0.15) is 12.0 Å². The van der Waals surface area contributed by atoms with Crippen LogP contribution in [0.2, 0.25) is 0 Å². The third kappa shape index (κ3) is 2.95. The summed E-state index contributed by atoms with van der Waals surface area (Å²) in [4.78, 5) is 9.99. The van der Waals surface area contributed by atoms with Gasteiger partial charge in [-0.05, 0) is 0 Å². The summed E-state index contributed by atoms with van der Waals surface area (Å²) in [6, 6.07) is 0. The summed E-state index contributed by atoms with van der Waals surface area (Å²) in [7, 11) is 5.42. The molecule has 1 aromatic rings. The van der Waals surface area contributed by atoms with Gasteiger partial charge in [-0.15, -0.1) is 0 Å². The summed E-state index contributed by atoms with van der Waals surface area (Å²) in [5.74, 6) is 1.36. The number of methoxy groups -OCH3 is 1. The number of anilines is 3. The van der Waals surface area contributed by atoms with Gasteiger partial charge in [0.15, 0.2) is 11.6 Å². The molecule has 0 saturated heterocycles. The van der Waals surface area contributed by atoms with Gasteiger partial charge >= 0.3 is 0 Å². The fourth-order valence-electron chi connectivity index (χ4n) is 1.16. The summed E-state index contributed by atoms with van der Waals surface area (Å²) in [6.07, 6.45) is 1.49. The molecule has 0 aliphatic carbocycles. The number of ether oxygens (including phenoxy) is 1. The largest absolute Gasteiger partial charge is 0.393 e. The molecule has 0 unspecified atom stereocenters. The van der Waals surface area contributed by atoms with E-state index in [2.05, 4.69) is 15.3 Å². The summed E-state index contributed by atoms with van der Waals surface area (Å²) < 4.78 is 4.92. The molecule has 0 amide bonds. The van der Waals surface area contributed by atoms with Gasteiger partial charge in [0, 0.05) is 27.7 Å². The second-order valence-electron chi connectivity index (χ2n) is 3.27. The molecule has 6 nitrogen and oxygen atoms in total. The van der Waals surface area contributed by atoms with Crippen molar-refractivity contribution in [1.82, 2.24) is 9.97 Å². The highest BCUT2D eigenvalue weighted by atomic mass is 16.5. The van der Waals surface area contributed by atoms with Crippen molar-refractivity contribution in [3.63, 3.8) is 0 Å². The summed E-state index contributed by atoms with van der Waals surface area (Å²) in [5.41, 5.74) is 6.45. The number of hydrogen-bond donors (Lipinski definition) is 2. The average molecular weight is 211 g/mol. The van der Waals surface area contributed by atoms with Crippen LogP contribution in [0.1, 0.15) is 0 Å². The summed E-state index contributed by atoms with van der Waals surface area (Å²) in [5, 5.41) is 3.08. The minimum absolute atomic E-state index is 0.554. The fraction of sp³-hybridized carbons (Fsp3) is 0.556. The van der Waals surface area contributed by atoms with Crippen molar-refractivity contribution in [2.75, 3.05) is 50.3 Å². The minimum Gasteiger partial charge on any atom is -0.393 e. The van der Waals surface area contributed by atoms with Crippen LogP contribution >= 0.6 is 0 Å². The van der Waals surface area contributed by atoms with Crippen molar-refractivity contribution >= 4 is 17.3 Å². The zero-order chi connectivity index (χ0) is 11.3. The Morgan fingerprint density at radius 1 is 1.47 bits per heavy atom. The van der Waals surface area contributed by atoms with Gasteiger partial charge < -0.3 is 20.7 Å². The molecule has 1 rings (SSSR count). The molecule has 0 radical (unpaired) electrons. The molecule has 0 aliphatic rings. The van der Waals surface area contributed by atoms with Crippen LogP contribution in [0.3, 0.4) is 0 Å². The molecule has 15 heavy (non-hydrogen) atoms. The van der Waals surface area contributed by atoms with Crippen LogP contribution in [-0.2, 0) is 4.74 Å². The van der Waals surface area contributed by atoms with E-state index < -0.39 is 0 Å². The molecule has 84 valence electrons. The Balaban J connectivity index is 2.75. The average Bonchev–Trinajstić information content (AvgIpc) is 2.20. The molecule has 0 atom stereocenters. The maximum Gasteiger partial charge on any atom is 0.156 e. The molecular formula is C9H17N5O. The van der Waals surface area contributed by atoms with E-state index >= 15 is 0 Å². The third-order valence-electron chi connectivity index (χ3n) is 1.89. The number of rotatable bonds is 5. The van der Waals surface area contributed by atoms with E-state index in [1.807, 2.05) is 19.0 Å². The zero-order valence-corrected chi connectivity index (χ0v) is 9.32. The van der Waals surface area contributed by atoms with Crippen LogP contribution in [0, 0.1) is 0 Å². The number of nitrogens with one attached hydrogen (secondary N) is 1. The Hall–Kier alpha value is -1.56. The zero-order valence-electron chi connectivity index (χ0n) is 9.32. The molecule has 0 spiro atoms. The van der Waals surface area contributed by atoms with Crippen molar-refractivity contribution in [1.29, 1.82) is 0 Å². The topological polar surface area (TPSA) is 76.3 Å². The number of nitrogens with zero attached hydrogens (tertiary/aromatic N) is 3. The van der Waals surface area contributed by atoms with Gasteiger partial charge in [-0.25, -0.2) is 9.97 Å². The monoisotopic (exact) mass is 211 g/mol. The van der Waals surface area contributed by atoms with Crippen LogP contribution in [0.25, 0.3) is 0 Å². The Labute approximate surface area is 89.5 Å². The molecule has 6 heteroatoms. The molecule has 0 bridgehead atoms. The third-order valence-corrected chi connectivity index (χ3v) is 1.89. The van der Waals surface area contributed by atoms with E-state index in [4.69, 9.17) is 10.5 Å². The highest BCUT2D eigenvalue weighted by Crippen LogP contribution is 2.23. The Bertz CT molecular complexity index is 315. The second kappa shape index (κ2) is 5.35. The standard InChI is InChI=1S/C9H17N5O/c1-14(2)9-7(10)8(12-6-13-9)11-4-5-15-3/h6H,4-5,10H2,1-3H3,(H,11,12,13).